The smallest absolute Gasteiger partial charge is 0.259 e. The number of ether oxygens (including phenoxy) is 1. The van der Waals surface area contributed by atoms with Gasteiger partial charge in [-0.2, -0.15) is 4.98 Å². The molecule has 8 heteroatoms. The number of methoxy groups -OCH3 is 1. The van der Waals surface area contributed by atoms with Crippen molar-refractivity contribution in [3.8, 4) is 11.5 Å². The molecule has 1 aliphatic rings. The average molecular weight is 431 g/mol. The molecule has 8 nitrogen and oxygen atoms in total. The zero-order valence-corrected chi connectivity index (χ0v) is 18.0. The SMILES string of the molecule is COCCC1(c2noc(-c3cccnc3)n2)CCN(C(=O)c2ccc3cc[nH]c3c2)CC1. The van der Waals surface area contributed by atoms with E-state index in [2.05, 4.69) is 15.1 Å². The molecule has 0 spiro atoms. The standard InChI is InChI=1S/C24H25N5O3/c1-31-14-9-24(23-27-21(32-28-23)19-3-2-10-25-16-19)7-12-29(13-8-24)22(30)18-5-4-17-6-11-26-20(17)15-18/h2-6,10-11,15-16,26H,7-9,12-14H2,1H3. The largest absolute Gasteiger partial charge is 0.385 e. The predicted molar refractivity (Wildman–Crippen MR) is 119 cm³/mol. The van der Waals surface area contributed by atoms with E-state index in [0.717, 1.165) is 35.7 Å². The molecule has 5 rings (SSSR count). The minimum atomic E-state index is -0.292. The van der Waals surface area contributed by atoms with Gasteiger partial charge in [0.05, 0.1) is 5.56 Å². The normalized spacial score (nSPS) is 15.8. The number of carbonyl (C=O) groups is 1. The molecule has 0 radical (unpaired) electrons. The van der Waals surface area contributed by atoms with Crippen LogP contribution in [0.3, 0.4) is 0 Å². The van der Waals surface area contributed by atoms with Crippen molar-refractivity contribution in [2.45, 2.75) is 24.7 Å². The Bertz CT molecular complexity index is 1210. The number of pyridine rings is 1. The van der Waals surface area contributed by atoms with Crippen LogP contribution >= 0.6 is 0 Å². The van der Waals surface area contributed by atoms with Gasteiger partial charge in [-0.05, 0) is 55.0 Å². The van der Waals surface area contributed by atoms with Gasteiger partial charge >= 0.3 is 0 Å². The number of carbonyl (C=O) groups excluding carboxylic acids is 1. The summed E-state index contributed by atoms with van der Waals surface area (Å²) in [5.74, 6) is 1.18. The van der Waals surface area contributed by atoms with Gasteiger partial charge in [0.1, 0.15) is 0 Å². The topological polar surface area (TPSA) is 97.1 Å². The van der Waals surface area contributed by atoms with Crippen molar-refractivity contribution in [3.05, 3.63) is 66.4 Å². The molecule has 1 aromatic carbocycles. The number of nitrogens with zero attached hydrogens (tertiary/aromatic N) is 4. The van der Waals surface area contributed by atoms with Crippen LogP contribution in [-0.2, 0) is 10.2 Å². The van der Waals surface area contributed by atoms with Gasteiger partial charge in [0, 0.05) is 61.9 Å². The first-order valence-electron chi connectivity index (χ1n) is 10.8. The summed E-state index contributed by atoms with van der Waals surface area (Å²) in [6.45, 7) is 1.85. The highest BCUT2D eigenvalue weighted by molar-refractivity contribution is 5.98. The number of nitrogens with one attached hydrogen (secondary N) is 1. The van der Waals surface area contributed by atoms with E-state index in [0.29, 0.717) is 37.0 Å². The number of benzene rings is 1. The van der Waals surface area contributed by atoms with Crippen molar-refractivity contribution in [1.29, 1.82) is 0 Å². The summed E-state index contributed by atoms with van der Waals surface area (Å²) < 4.78 is 10.9. The Morgan fingerprint density at radius 2 is 2.12 bits per heavy atom. The maximum Gasteiger partial charge on any atom is 0.259 e. The second-order valence-electron chi connectivity index (χ2n) is 8.26. The van der Waals surface area contributed by atoms with Crippen LogP contribution in [0.15, 0.2) is 59.5 Å². The number of likely N-dealkylation sites (tertiary alicyclic amines) is 1. The summed E-state index contributed by atoms with van der Waals surface area (Å²) in [4.78, 5) is 27.1. The van der Waals surface area contributed by atoms with Crippen LogP contribution in [-0.4, -0.2) is 57.7 Å². The Labute approximate surface area is 185 Å². The molecular formula is C24H25N5O3. The number of fused-ring (bicyclic) bond motifs is 1. The van der Waals surface area contributed by atoms with Gasteiger partial charge in [0.2, 0.25) is 0 Å². The summed E-state index contributed by atoms with van der Waals surface area (Å²) in [5, 5.41) is 5.42. The van der Waals surface area contributed by atoms with E-state index < -0.39 is 0 Å². The highest BCUT2D eigenvalue weighted by atomic mass is 16.5. The third-order valence-corrected chi connectivity index (χ3v) is 6.40. The Hall–Kier alpha value is -3.52. The number of aromatic amines is 1. The van der Waals surface area contributed by atoms with Crippen molar-refractivity contribution in [3.63, 3.8) is 0 Å². The van der Waals surface area contributed by atoms with Crippen molar-refractivity contribution in [2.24, 2.45) is 0 Å². The van der Waals surface area contributed by atoms with Crippen molar-refractivity contribution < 1.29 is 14.1 Å². The van der Waals surface area contributed by atoms with Gasteiger partial charge < -0.3 is 19.1 Å². The lowest BCUT2D eigenvalue weighted by molar-refractivity contribution is 0.0616. The molecule has 4 aromatic rings. The zero-order chi connectivity index (χ0) is 22.0. The lowest BCUT2D eigenvalue weighted by Crippen LogP contribution is -2.46. The van der Waals surface area contributed by atoms with Gasteiger partial charge in [-0.3, -0.25) is 9.78 Å². The molecule has 0 unspecified atom stereocenters. The quantitative estimate of drug-likeness (QED) is 0.498. The third kappa shape index (κ3) is 3.78. The minimum absolute atomic E-state index is 0.0472. The number of aromatic nitrogens is 4. The van der Waals surface area contributed by atoms with Crippen LogP contribution in [0.25, 0.3) is 22.4 Å². The van der Waals surface area contributed by atoms with Crippen LogP contribution in [0.1, 0.15) is 35.4 Å². The Kier molecular flexibility index (Phi) is 5.45. The van der Waals surface area contributed by atoms with Gasteiger partial charge in [-0.25, -0.2) is 0 Å². The second-order valence-corrected chi connectivity index (χ2v) is 8.26. The summed E-state index contributed by atoms with van der Waals surface area (Å²) >= 11 is 0. The summed E-state index contributed by atoms with van der Waals surface area (Å²) in [5.41, 5.74) is 2.17. The summed E-state index contributed by atoms with van der Waals surface area (Å²) in [6, 6.07) is 11.5. The van der Waals surface area contributed by atoms with E-state index in [4.69, 9.17) is 14.2 Å². The molecule has 1 fully saturated rings. The van der Waals surface area contributed by atoms with Gasteiger partial charge in [0.15, 0.2) is 5.82 Å². The van der Waals surface area contributed by atoms with E-state index in [1.54, 1.807) is 19.5 Å². The Balaban J connectivity index is 1.35. The number of piperidine rings is 1. The first-order valence-corrected chi connectivity index (χ1v) is 10.8. The molecule has 0 bridgehead atoms. The third-order valence-electron chi connectivity index (χ3n) is 6.40. The monoisotopic (exact) mass is 431 g/mol. The van der Waals surface area contributed by atoms with E-state index in [9.17, 15) is 4.79 Å². The first-order chi connectivity index (χ1) is 15.7. The molecule has 0 aliphatic carbocycles. The number of hydrogen-bond acceptors (Lipinski definition) is 6. The number of rotatable bonds is 6. The van der Waals surface area contributed by atoms with Crippen LogP contribution < -0.4 is 0 Å². The fourth-order valence-electron chi connectivity index (χ4n) is 4.43. The molecule has 1 N–H and O–H groups in total. The maximum absolute atomic E-state index is 13.1. The van der Waals surface area contributed by atoms with E-state index in [1.165, 1.54) is 0 Å². The summed E-state index contributed by atoms with van der Waals surface area (Å²) in [6.07, 6.45) is 7.57. The highest BCUT2D eigenvalue weighted by Crippen LogP contribution is 2.38. The second kappa shape index (κ2) is 8.55. The molecular weight excluding hydrogens is 406 g/mol. The van der Waals surface area contributed by atoms with Gasteiger partial charge in [0.25, 0.3) is 11.8 Å². The maximum atomic E-state index is 13.1. The number of amides is 1. The minimum Gasteiger partial charge on any atom is -0.385 e. The molecule has 3 aromatic heterocycles. The van der Waals surface area contributed by atoms with Crippen LogP contribution in [0.4, 0.5) is 0 Å². The van der Waals surface area contributed by atoms with Gasteiger partial charge in [-0.15, -0.1) is 0 Å². The van der Waals surface area contributed by atoms with Crippen molar-refractivity contribution in [2.75, 3.05) is 26.8 Å². The van der Waals surface area contributed by atoms with E-state index >= 15 is 0 Å². The highest BCUT2D eigenvalue weighted by Gasteiger charge is 2.41. The van der Waals surface area contributed by atoms with E-state index in [1.807, 2.05) is 47.5 Å². The predicted octanol–water partition coefficient (Wildman–Crippen LogP) is 3.82. The van der Waals surface area contributed by atoms with Crippen molar-refractivity contribution >= 4 is 16.8 Å². The molecule has 1 saturated heterocycles. The van der Waals surface area contributed by atoms with Crippen LogP contribution in [0.2, 0.25) is 0 Å². The number of hydrogen-bond donors (Lipinski definition) is 1. The molecule has 32 heavy (non-hydrogen) atoms. The fourth-order valence-corrected chi connectivity index (χ4v) is 4.43. The lowest BCUT2D eigenvalue weighted by atomic mass is 9.75. The summed E-state index contributed by atoms with van der Waals surface area (Å²) in [7, 11) is 1.69. The molecule has 1 amide bonds. The lowest BCUT2D eigenvalue weighted by Gasteiger charge is -2.39. The van der Waals surface area contributed by atoms with Crippen LogP contribution in [0, 0.1) is 0 Å². The Morgan fingerprint density at radius 3 is 2.91 bits per heavy atom. The van der Waals surface area contributed by atoms with Crippen LogP contribution in [0.5, 0.6) is 0 Å². The Morgan fingerprint density at radius 1 is 1.25 bits per heavy atom. The molecule has 4 heterocycles. The number of H-pyrrole nitrogens is 1. The molecule has 0 saturated carbocycles. The average Bonchev–Trinajstić information content (AvgIpc) is 3.53. The zero-order valence-electron chi connectivity index (χ0n) is 18.0. The molecule has 1 aliphatic heterocycles. The first kappa shape index (κ1) is 20.4. The van der Waals surface area contributed by atoms with Gasteiger partial charge in [-0.1, -0.05) is 11.2 Å². The molecule has 0 atom stereocenters. The van der Waals surface area contributed by atoms with Crippen molar-refractivity contribution in [1.82, 2.24) is 25.0 Å². The fraction of sp³-hybridized carbons (Fsp3) is 0.333. The van der Waals surface area contributed by atoms with E-state index in [-0.39, 0.29) is 11.3 Å². The molecule has 164 valence electrons.